The van der Waals surface area contributed by atoms with Crippen molar-refractivity contribution in [3.05, 3.63) is 30.6 Å². The quantitative estimate of drug-likeness (QED) is 0.851. The zero-order chi connectivity index (χ0) is 12.8. The zero-order valence-electron chi connectivity index (χ0n) is 10.8. The summed E-state index contributed by atoms with van der Waals surface area (Å²) in [5, 5.41) is 7.38. The van der Waals surface area contributed by atoms with Crippen molar-refractivity contribution in [2.75, 3.05) is 11.9 Å². The van der Waals surface area contributed by atoms with E-state index in [1.165, 1.54) is 0 Å². The number of nitrogens with zero attached hydrogens (tertiary/aromatic N) is 3. The lowest BCUT2D eigenvalue weighted by Crippen LogP contribution is -2.01. The highest BCUT2D eigenvalue weighted by molar-refractivity contribution is 5.37. The van der Waals surface area contributed by atoms with Gasteiger partial charge >= 0.3 is 0 Å². The van der Waals surface area contributed by atoms with Gasteiger partial charge in [0.25, 0.3) is 0 Å². The van der Waals surface area contributed by atoms with Gasteiger partial charge in [-0.1, -0.05) is 13.0 Å². The maximum absolute atomic E-state index is 5.65. The fourth-order valence-electron chi connectivity index (χ4n) is 1.51. The van der Waals surface area contributed by atoms with Crippen LogP contribution in [0.2, 0.25) is 0 Å². The highest BCUT2D eigenvalue weighted by atomic mass is 16.5. The molecule has 1 N–H and O–H groups in total. The number of ether oxygens (including phenoxy) is 1. The molecule has 96 valence electrons. The third kappa shape index (κ3) is 3.23. The largest absolute Gasteiger partial charge is 0.436 e. The van der Waals surface area contributed by atoms with E-state index >= 15 is 0 Å². The predicted octanol–water partition coefficient (Wildman–Crippen LogP) is 2.91. The summed E-state index contributed by atoms with van der Waals surface area (Å²) in [4.78, 5) is 4.37. The molecule has 0 aliphatic carbocycles. The van der Waals surface area contributed by atoms with Crippen molar-refractivity contribution in [2.45, 2.75) is 26.8 Å². The first-order valence-corrected chi connectivity index (χ1v) is 6.23. The summed E-state index contributed by atoms with van der Waals surface area (Å²) in [5.41, 5.74) is 0. The summed E-state index contributed by atoms with van der Waals surface area (Å²) < 4.78 is 7.46. The van der Waals surface area contributed by atoms with Crippen LogP contribution < -0.4 is 10.1 Å². The van der Waals surface area contributed by atoms with Crippen LogP contribution in [0.1, 0.15) is 20.3 Å². The highest BCUT2D eigenvalue weighted by Gasteiger charge is 2.02. The Kier molecular flexibility index (Phi) is 4.17. The van der Waals surface area contributed by atoms with Gasteiger partial charge in [0.1, 0.15) is 5.82 Å². The monoisotopic (exact) mass is 246 g/mol. The minimum absolute atomic E-state index is 0.576. The maximum atomic E-state index is 5.65. The average Bonchev–Trinajstić information content (AvgIpc) is 2.84. The molecule has 0 atom stereocenters. The Morgan fingerprint density at radius 3 is 2.94 bits per heavy atom. The fraction of sp³-hybridized carbons (Fsp3) is 0.385. The van der Waals surface area contributed by atoms with Gasteiger partial charge in [-0.05, 0) is 19.4 Å². The van der Waals surface area contributed by atoms with E-state index in [1.807, 2.05) is 36.0 Å². The molecule has 0 bridgehead atoms. The topological polar surface area (TPSA) is 52.0 Å². The van der Waals surface area contributed by atoms with Crippen molar-refractivity contribution in [1.29, 1.82) is 0 Å². The van der Waals surface area contributed by atoms with Crippen molar-refractivity contribution in [1.82, 2.24) is 14.8 Å². The van der Waals surface area contributed by atoms with Crippen LogP contribution in [0.4, 0.5) is 5.82 Å². The number of anilines is 1. The molecule has 0 radical (unpaired) electrons. The molecule has 0 fully saturated rings. The lowest BCUT2D eigenvalue weighted by molar-refractivity contribution is 0.462. The molecule has 0 aliphatic rings. The first kappa shape index (κ1) is 12.4. The summed E-state index contributed by atoms with van der Waals surface area (Å²) in [6.45, 7) is 5.88. The molecule has 2 aromatic heterocycles. The van der Waals surface area contributed by atoms with Gasteiger partial charge in [0.2, 0.25) is 5.88 Å². The molecule has 5 nitrogen and oxygen atoms in total. The molecular formula is C13H18N4O. The van der Waals surface area contributed by atoms with Crippen LogP contribution in [0, 0.1) is 0 Å². The molecule has 2 aromatic rings. The third-order valence-corrected chi connectivity index (χ3v) is 2.44. The van der Waals surface area contributed by atoms with Crippen molar-refractivity contribution in [3.63, 3.8) is 0 Å². The normalized spacial score (nSPS) is 10.3. The molecule has 0 aliphatic heterocycles. The standard InChI is InChI=1S/C13H18N4O/c1-3-8-14-12-6-5-7-13(16-12)18-11-9-15-17(4-2)10-11/h5-7,9-10H,3-4,8H2,1-2H3,(H,14,16). The van der Waals surface area contributed by atoms with Crippen LogP contribution in [-0.2, 0) is 6.54 Å². The molecule has 0 amide bonds. The van der Waals surface area contributed by atoms with Gasteiger partial charge in [-0.3, -0.25) is 4.68 Å². The van der Waals surface area contributed by atoms with E-state index in [2.05, 4.69) is 22.3 Å². The summed E-state index contributed by atoms with van der Waals surface area (Å²) in [7, 11) is 0. The Morgan fingerprint density at radius 1 is 1.33 bits per heavy atom. The number of aryl methyl sites for hydroxylation is 1. The SMILES string of the molecule is CCCNc1cccc(Oc2cnn(CC)c2)n1. The number of aromatic nitrogens is 3. The van der Waals surface area contributed by atoms with E-state index in [-0.39, 0.29) is 0 Å². The van der Waals surface area contributed by atoms with Crippen LogP contribution in [0.25, 0.3) is 0 Å². The Balaban J connectivity index is 2.04. The summed E-state index contributed by atoms with van der Waals surface area (Å²) in [5.74, 6) is 2.11. The second kappa shape index (κ2) is 6.05. The lowest BCUT2D eigenvalue weighted by atomic mass is 10.4. The van der Waals surface area contributed by atoms with Crippen LogP contribution in [0.3, 0.4) is 0 Å². The van der Waals surface area contributed by atoms with Gasteiger partial charge in [0.15, 0.2) is 5.75 Å². The predicted molar refractivity (Wildman–Crippen MR) is 71.0 cm³/mol. The minimum Gasteiger partial charge on any atom is -0.436 e. The van der Waals surface area contributed by atoms with Gasteiger partial charge in [-0.2, -0.15) is 10.1 Å². The van der Waals surface area contributed by atoms with E-state index in [0.717, 1.165) is 25.3 Å². The van der Waals surface area contributed by atoms with Crippen LogP contribution >= 0.6 is 0 Å². The van der Waals surface area contributed by atoms with Crippen LogP contribution in [-0.4, -0.2) is 21.3 Å². The second-order valence-electron chi connectivity index (χ2n) is 3.92. The Hall–Kier alpha value is -2.04. The molecule has 0 aromatic carbocycles. The molecule has 0 spiro atoms. The van der Waals surface area contributed by atoms with Gasteiger partial charge < -0.3 is 10.1 Å². The molecule has 5 heteroatoms. The summed E-state index contributed by atoms with van der Waals surface area (Å²) in [6, 6.07) is 5.68. The maximum Gasteiger partial charge on any atom is 0.221 e. The lowest BCUT2D eigenvalue weighted by Gasteiger charge is -2.06. The van der Waals surface area contributed by atoms with E-state index < -0.39 is 0 Å². The zero-order valence-corrected chi connectivity index (χ0v) is 10.8. The minimum atomic E-state index is 0.576. The number of hydrogen-bond acceptors (Lipinski definition) is 4. The number of pyridine rings is 1. The van der Waals surface area contributed by atoms with E-state index in [4.69, 9.17) is 4.74 Å². The average molecular weight is 246 g/mol. The molecule has 18 heavy (non-hydrogen) atoms. The van der Waals surface area contributed by atoms with Crippen LogP contribution in [0.15, 0.2) is 30.6 Å². The number of nitrogens with one attached hydrogen (secondary N) is 1. The van der Waals surface area contributed by atoms with Crippen molar-refractivity contribution >= 4 is 5.82 Å². The highest BCUT2D eigenvalue weighted by Crippen LogP contribution is 2.19. The number of hydrogen-bond donors (Lipinski definition) is 1. The van der Waals surface area contributed by atoms with Crippen molar-refractivity contribution in [3.8, 4) is 11.6 Å². The molecule has 2 heterocycles. The second-order valence-corrected chi connectivity index (χ2v) is 3.92. The van der Waals surface area contributed by atoms with Gasteiger partial charge in [0, 0.05) is 19.2 Å². The number of rotatable bonds is 6. The smallest absolute Gasteiger partial charge is 0.221 e. The summed E-state index contributed by atoms with van der Waals surface area (Å²) >= 11 is 0. The Labute approximate surface area is 107 Å². The van der Waals surface area contributed by atoms with Gasteiger partial charge in [-0.15, -0.1) is 0 Å². The van der Waals surface area contributed by atoms with Gasteiger partial charge in [-0.25, -0.2) is 0 Å². The molecule has 2 rings (SSSR count). The first-order valence-electron chi connectivity index (χ1n) is 6.23. The van der Waals surface area contributed by atoms with E-state index in [1.54, 1.807) is 6.20 Å². The molecule has 0 saturated heterocycles. The molecular weight excluding hydrogens is 228 g/mol. The van der Waals surface area contributed by atoms with E-state index in [9.17, 15) is 0 Å². The van der Waals surface area contributed by atoms with E-state index in [0.29, 0.717) is 11.6 Å². The van der Waals surface area contributed by atoms with Gasteiger partial charge in [0.05, 0.1) is 12.4 Å². The summed E-state index contributed by atoms with van der Waals surface area (Å²) in [6.07, 6.45) is 4.61. The van der Waals surface area contributed by atoms with Crippen molar-refractivity contribution < 1.29 is 4.74 Å². The molecule has 0 saturated carbocycles. The Bertz CT molecular complexity index is 495. The first-order chi connectivity index (χ1) is 8.81. The third-order valence-electron chi connectivity index (χ3n) is 2.44. The molecule has 0 unspecified atom stereocenters. The van der Waals surface area contributed by atoms with Crippen LogP contribution in [0.5, 0.6) is 11.6 Å². The Morgan fingerprint density at radius 2 is 2.22 bits per heavy atom. The fourth-order valence-corrected chi connectivity index (χ4v) is 1.51. The van der Waals surface area contributed by atoms with Crippen molar-refractivity contribution in [2.24, 2.45) is 0 Å².